The van der Waals surface area contributed by atoms with Crippen LogP contribution in [-0.2, 0) is 0 Å². The van der Waals surface area contributed by atoms with Crippen LogP contribution in [0.15, 0.2) is 11.1 Å². The second-order valence-corrected chi connectivity index (χ2v) is 9.15. The van der Waals surface area contributed by atoms with Crippen LogP contribution in [0.3, 0.4) is 0 Å². The second-order valence-electron chi connectivity index (χ2n) is 9.15. The summed E-state index contributed by atoms with van der Waals surface area (Å²) in [4.78, 5) is 0. The number of rotatable bonds is 0. The molecule has 0 aliphatic heterocycles. The van der Waals surface area contributed by atoms with Crippen LogP contribution in [0.25, 0.3) is 0 Å². The lowest BCUT2D eigenvalue weighted by Gasteiger charge is -2.29. The van der Waals surface area contributed by atoms with Crippen molar-refractivity contribution in [2.45, 2.75) is 128 Å². The average molecular weight is 347 g/mol. The Hall–Kier alpha value is -0.300. The van der Waals surface area contributed by atoms with Gasteiger partial charge in [0.2, 0.25) is 0 Å². The van der Waals surface area contributed by atoms with Gasteiger partial charge in [-0.3, -0.25) is 0 Å². The normalized spacial score (nSPS) is 34.2. The predicted molar refractivity (Wildman–Crippen MR) is 108 cm³/mol. The van der Waals surface area contributed by atoms with E-state index >= 15 is 0 Å². The first-order chi connectivity index (χ1) is 12.4. The van der Waals surface area contributed by atoms with E-state index in [0.717, 1.165) is 5.92 Å². The Bertz CT molecular complexity index is 410. The van der Waals surface area contributed by atoms with E-state index in [1.165, 1.54) is 128 Å². The largest absolute Gasteiger partial charge is 0.388 e. The van der Waals surface area contributed by atoms with Crippen molar-refractivity contribution >= 4 is 0 Å². The van der Waals surface area contributed by atoms with Gasteiger partial charge in [-0.05, 0) is 55.9 Å². The molecule has 0 bridgehead atoms. The number of allylic oxidation sites excluding steroid dienone is 1. The first-order valence-electron chi connectivity index (χ1n) is 11.8. The lowest BCUT2D eigenvalue weighted by molar-refractivity contribution is 0.105. The highest BCUT2D eigenvalue weighted by molar-refractivity contribution is 5.30. The molecule has 1 N–H and O–H groups in total. The number of fused-ring (bicyclic) bond motifs is 2. The summed E-state index contributed by atoms with van der Waals surface area (Å²) >= 11 is 0. The second kappa shape index (κ2) is 10.8. The predicted octanol–water partition coefficient (Wildman–Crippen LogP) is 7.33. The molecule has 0 radical (unpaired) electrons. The fourth-order valence-electron chi connectivity index (χ4n) is 5.89. The molecule has 1 nitrogen and oxygen atoms in total. The van der Waals surface area contributed by atoms with Crippen molar-refractivity contribution in [1.29, 1.82) is 0 Å². The third kappa shape index (κ3) is 5.59. The highest BCUT2D eigenvalue weighted by Gasteiger charge is 2.41. The summed E-state index contributed by atoms with van der Waals surface area (Å²) < 4.78 is 0. The molecule has 3 atom stereocenters. The fraction of sp³-hybridized carbons (Fsp3) is 0.917. The third-order valence-corrected chi connectivity index (χ3v) is 7.33. The minimum Gasteiger partial charge on any atom is -0.388 e. The van der Waals surface area contributed by atoms with Crippen molar-refractivity contribution in [3.8, 4) is 0 Å². The maximum absolute atomic E-state index is 11.0. The Morgan fingerprint density at radius 3 is 1.48 bits per heavy atom. The molecule has 1 heteroatoms. The molecule has 25 heavy (non-hydrogen) atoms. The molecule has 0 saturated heterocycles. The van der Waals surface area contributed by atoms with Crippen molar-refractivity contribution in [3.05, 3.63) is 11.1 Å². The fourth-order valence-corrected chi connectivity index (χ4v) is 5.89. The number of hydrogen-bond donors (Lipinski definition) is 1. The van der Waals surface area contributed by atoms with Gasteiger partial charge in [0.15, 0.2) is 0 Å². The Balaban J connectivity index is 1.60. The SMILES string of the molecule is OC1C2=C(CCCCCCCCCCCCCCC2)[C@H]2CCCC[C@@H]12. The first-order valence-corrected chi connectivity index (χ1v) is 11.8. The zero-order valence-corrected chi connectivity index (χ0v) is 16.6. The van der Waals surface area contributed by atoms with Crippen LogP contribution in [0.1, 0.15) is 122 Å². The van der Waals surface area contributed by atoms with Crippen LogP contribution in [0.5, 0.6) is 0 Å². The number of hydrogen-bond acceptors (Lipinski definition) is 1. The third-order valence-electron chi connectivity index (χ3n) is 7.33. The summed E-state index contributed by atoms with van der Waals surface area (Å²) in [7, 11) is 0. The quantitative estimate of drug-likeness (QED) is 0.455. The topological polar surface area (TPSA) is 20.2 Å². The Morgan fingerprint density at radius 1 is 0.480 bits per heavy atom. The Kier molecular flexibility index (Phi) is 8.37. The molecule has 3 aliphatic rings. The molecule has 0 aromatic carbocycles. The molecular formula is C24H42O. The number of aliphatic hydroxyl groups excluding tert-OH is 1. The Labute approximate surface area is 156 Å². The van der Waals surface area contributed by atoms with E-state index in [-0.39, 0.29) is 6.10 Å². The molecule has 144 valence electrons. The monoisotopic (exact) mass is 346 g/mol. The van der Waals surface area contributed by atoms with Crippen LogP contribution in [0, 0.1) is 11.8 Å². The number of aliphatic hydroxyl groups is 1. The summed E-state index contributed by atoms with van der Waals surface area (Å²) in [6.45, 7) is 0. The minimum absolute atomic E-state index is 0.0811. The van der Waals surface area contributed by atoms with E-state index in [9.17, 15) is 5.11 Å². The summed E-state index contributed by atoms with van der Waals surface area (Å²) in [5.41, 5.74) is 3.25. The molecule has 1 saturated carbocycles. The summed E-state index contributed by atoms with van der Waals surface area (Å²) in [6.07, 6.45) is 26.3. The van der Waals surface area contributed by atoms with Crippen LogP contribution in [-0.4, -0.2) is 11.2 Å². The summed E-state index contributed by atoms with van der Waals surface area (Å²) in [6, 6.07) is 0. The van der Waals surface area contributed by atoms with Crippen LogP contribution >= 0.6 is 0 Å². The van der Waals surface area contributed by atoms with Gasteiger partial charge in [-0.2, -0.15) is 0 Å². The van der Waals surface area contributed by atoms with Crippen molar-refractivity contribution in [2.75, 3.05) is 0 Å². The lowest BCUT2D eigenvalue weighted by atomic mass is 9.77. The molecule has 1 unspecified atom stereocenters. The van der Waals surface area contributed by atoms with E-state index in [1.807, 2.05) is 0 Å². The zero-order chi connectivity index (χ0) is 17.3. The first kappa shape index (κ1) is 19.5. The highest BCUT2D eigenvalue weighted by atomic mass is 16.3. The maximum Gasteiger partial charge on any atom is 0.0786 e. The maximum atomic E-state index is 11.0. The molecular weight excluding hydrogens is 304 g/mol. The van der Waals surface area contributed by atoms with E-state index < -0.39 is 0 Å². The van der Waals surface area contributed by atoms with E-state index in [0.29, 0.717) is 5.92 Å². The van der Waals surface area contributed by atoms with Crippen molar-refractivity contribution in [1.82, 2.24) is 0 Å². The van der Waals surface area contributed by atoms with Crippen molar-refractivity contribution in [3.63, 3.8) is 0 Å². The summed E-state index contributed by atoms with van der Waals surface area (Å²) in [5.74, 6) is 1.34. The van der Waals surface area contributed by atoms with Crippen molar-refractivity contribution in [2.24, 2.45) is 11.8 Å². The van der Waals surface area contributed by atoms with Gasteiger partial charge in [-0.1, -0.05) is 89.0 Å². The lowest BCUT2D eigenvalue weighted by Crippen LogP contribution is -2.25. The van der Waals surface area contributed by atoms with E-state index in [2.05, 4.69) is 0 Å². The molecule has 3 aliphatic carbocycles. The van der Waals surface area contributed by atoms with Crippen LogP contribution in [0.2, 0.25) is 0 Å². The van der Waals surface area contributed by atoms with E-state index in [1.54, 1.807) is 5.57 Å². The molecule has 1 fully saturated rings. The van der Waals surface area contributed by atoms with Gasteiger partial charge >= 0.3 is 0 Å². The van der Waals surface area contributed by atoms with Gasteiger partial charge in [0.05, 0.1) is 6.10 Å². The van der Waals surface area contributed by atoms with Crippen LogP contribution < -0.4 is 0 Å². The molecule has 0 aromatic heterocycles. The molecule has 0 amide bonds. The van der Waals surface area contributed by atoms with Crippen molar-refractivity contribution < 1.29 is 5.11 Å². The summed E-state index contributed by atoms with van der Waals surface area (Å²) in [5, 5.41) is 11.0. The Morgan fingerprint density at radius 2 is 0.920 bits per heavy atom. The smallest absolute Gasteiger partial charge is 0.0786 e. The average Bonchev–Trinajstić information content (AvgIpc) is 2.90. The van der Waals surface area contributed by atoms with Gasteiger partial charge in [-0.25, -0.2) is 0 Å². The molecule has 3 rings (SSSR count). The molecule has 0 aromatic rings. The van der Waals surface area contributed by atoms with Gasteiger partial charge in [0, 0.05) is 0 Å². The molecule has 0 spiro atoms. The van der Waals surface area contributed by atoms with Gasteiger partial charge < -0.3 is 5.11 Å². The van der Waals surface area contributed by atoms with Gasteiger partial charge in [0.25, 0.3) is 0 Å². The molecule has 0 heterocycles. The van der Waals surface area contributed by atoms with Crippen LogP contribution in [0.4, 0.5) is 0 Å². The van der Waals surface area contributed by atoms with Gasteiger partial charge in [0.1, 0.15) is 0 Å². The zero-order valence-electron chi connectivity index (χ0n) is 16.6. The van der Waals surface area contributed by atoms with Gasteiger partial charge in [-0.15, -0.1) is 0 Å². The highest BCUT2D eigenvalue weighted by Crippen LogP contribution is 2.48. The minimum atomic E-state index is -0.0811. The van der Waals surface area contributed by atoms with E-state index in [4.69, 9.17) is 0 Å². The standard InChI is InChI=1S/C24H42O/c25-24-22-18-13-11-9-7-5-3-1-2-4-6-8-10-12-16-20(22)21-17-14-15-19-23(21)24/h21,23-25H,1-19H2/t21-,23-,24?/m1/s1.